The van der Waals surface area contributed by atoms with Crippen LogP contribution in [0.4, 0.5) is 0 Å². The molecule has 2 aliphatic heterocycles. The summed E-state index contributed by atoms with van der Waals surface area (Å²) in [4.78, 5) is 39.2. The highest BCUT2D eigenvalue weighted by atomic mass is 16.5. The third-order valence-corrected chi connectivity index (χ3v) is 6.42. The number of nitrogens with zero attached hydrogens (tertiary/aromatic N) is 1. The minimum atomic E-state index is -0.779. The van der Waals surface area contributed by atoms with E-state index in [1.807, 2.05) is 37.3 Å². The van der Waals surface area contributed by atoms with Gasteiger partial charge in [0, 0.05) is 18.4 Å². The maximum atomic E-state index is 12.6. The molecule has 3 rings (SSSR count). The quantitative estimate of drug-likeness (QED) is 0.602. The van der Waals surface area contributed by atoms with E-state index in [0.29, 0.717) is 19.4 Å². The summed E-state index contributed by atoms with van der Waals surface area (Å²) in [6.45, 7) is 4.53. The Morgan fingerprint density at radius 1 is 1.20 bits per heavy atom. The van der Waals surface area contributed by atoms with E-state index in [1.54, 1.807) is 0 Å². The van der Waals surface area contributed by atoms with Gasteiger partial charge in [-0.3, -0.25) is 14.4 Å². The third kappa shape index (κ3) is 5.89. The molecule has 1 aromatic rings. The molecule has 0 saturated carbocycles. The van der Waals surface area contributed by atoms with E-state index in [9.17, 15) is 14.4 Å². The first-order valence-electron chi connectivity index (χ1n) is 10.9. The standard InChI is InChI=1S/C23H33N3O4/c1-23(22(24)29,11-9-17-7-3-2-4-8-17)12-10-20(28)25-21-18(27)16-30-19(21)15-26-13-5-6-14-26/h2-4,7-8,19,21H,5-6,9-16H2,1H3,(H2,24,29)(H,25,28)/t19-,21?,23?/m0/s1. The van der Waals surface area contributed by atoms with Crippen LogP contribution < -0.4 is 11.1 Å². The van der Waals surface area contributed by atoms with Crippen molar-refractivity contribution in [3.05, 3.63) is 35.9 Å². The molecule has 2 heterocycles. The highest BCUT2D eigenvalue weighted by molar-refractivity contribution is 5.92. The molecule has 2 amide bonds. The number of ketones is 1. The fourth-order valence-corrected chi connectivity index (χ4v) is 4.21. The summed E-state index contributed by atoms with van der Waals surface area (Å²) in [6.07, 6.45) is 3.80. The van der Waals surface area contributed by atoms with E-state index in [4.69, 9.17) is 10.5 Å². The SMILES string of the molecule is CC(CCC(=O)NC1C(=O)CO[C@H]1CN1CCCC1)(CCc1ccccc1)C(N)=O. The van der Waals surface area contributed by atoms with Gasteiger partial charge in [0.05, 0.1) is 6.10 Å². The van der Waals surface area contributed by atoms with Crippen LogP contribution in [0.3, 0.4) is 0 Å². The number of primary amides is 1. The van der Waals surface area contributed by atoms with Crippen LogP contribution in [-0.4, -0.2) is 60.9 Å². The van der Waals surface area contributed by atoms with Gasteiger partial charge in [0.2, 0.25) is 11.8 Å². The van der Waals surface area contributed by atoms with Gasteiger partial charge in [-0.1, -0.05) is 37.3 Å². The number of hydrogen-bond donors (Lipinski definition) is 2. The number of amides is 2. The molecule has 2 unspecified atom stereocenters. The van der Waals surface area contributed by atoms with Crippen molar-refractivity contribution >= 4 is 17.6 Å². The third-order valence-electron chi connectivity index (χ3n) is 6.42. The van der Waals surface area contributed by atoms with Gasteiger partial charge >= 0.3 is 0 Å². The first-order chi connectivity index (χ1) is 14.4. The molecule has 2 saturated heterocycles. The van der Waals surface area contributed by atoms with Crippen LogP contribution in [-0.2, 0) is 25.5 Å². The van der Waals surface area contributed by atoms with Crippen LogP contribution in [0.25, 0.3) is 0 Å². The second-order valence-corrected chi connectivity index (χ2v) is 8.78. The molecule has 0 spiro atoms. The number of Topliss-reactive ketones (excluding diaryl/α,β-unsaturated/α-hetero) is 1. The first-order valence-corrected chi connectivity index (χ1v) is 10.9. The Kier molecular flexibility index (Phi) is 7.61. The Bertz CT molecular complexity index is 748. The zero-order chi connectivity index (χ0) is 21.6. The minimum absolute atomic E-state index is 0.0412. The molecule has 7 heteroatoms. The number of ether oxygens (including phenoxy) is 1. The zero-order valence-electron chi connectivity index (χ0n) is 17.8. The van der Waals surface area contributed by atoms with Crippen molar-refractivity contribution in [1.82, 2.24) is 10.2 Å². The van der Waals surface area contributed by atoms with Crippen molar-refractivity contribution in [2.24, 2.45) is 11.1 Å². The number of carbonyl (C=O) groups is 3. The van der Waals surface area contributed by atoms with Crippen LogP contribution in [0.2, 0.25) is 0 Å². The van der Waals surface area contributed by atoms with Crippen LogP contribution in [0, 0.1) is 5.41 Å². The van der Waals surface area contributed by atoms with E-state index in [0.717, 1.165) is 37.9 Å². The summed E-state index contributed by atoms with van der Waals surface area (Å²) in [5, 5.41) is 2.85. The van der Waals surface area contributed by atoms with E-state index >= 15 is 0 Å². The highest BCUT2D eigenvalue weighted by Crippen LogP contribution is 2.29. The lowest BCUT2D eigenvalue weighted by molar-refractivity contribution is -0.130. The van der Waals surface area contributed by atoms with Crippen molar-refractivity contribution in [2.45, 2.75) is 57.6 Å². The Morgan fingerprint density at radius 3 is 2.57 bits per heavy atom. The normalized spacial score (nSPS) is 24.0. The van der Waals surface area contributed by atoms with Gasteiger partial charge < -0.3 is 20.7 Å². The van der Waals surface area contributed by atoms with Crippen LogP contribution >= 0.6 is 0 Å². The average molecular weight is 416 g/mol. The Hall–Kier alpha value is -2.25. The van der Waals surface area contributed by atoms with Crippen molar-refractivity contribution in [3.63, 3.8) is 0 Å². The number of hydrogen-bond acceptors (Lipinski definition) is 5. The number of nitrogens with two attached hydrogens (primary N) is 1. The van der Waals surface area contributed by atoms with Gasteiger partial charge in [-0.25, -0.2) is 0 Å². The monoisotopic (exact) mass is 415 g/mol. The van der Waals surface area contributed by atoms with E-state index in [2.05, 4.69) is 10.2 Å². The molecule has 0 bridgehead atoms. The summed E-state index contributed by atoms with van der Waals surface area (Å²) in [6, 6.07) is 9.29. The molecule has 3 N–H and O–H groups in total. The zero-order valence-corrected chi connectivity index (χ0v) is 17.8. The van der Waals surface area contributed by atoms with E-state index < -0.39 is 17.4 Å². The summed E-state index contributed by atoms with van der Waals surface area (Å²) >= 11 is 0. The molecule has 7 nitrogen and oxygen atoms in total. The Labute approximate surface area is 178 Å². The number of aryl methyl sites for hydroxylation is 1. The predicted molar refractivity (Wildman–Crippen MR) is 114 cm³/mol. The van der Waals surface area contributed by atoms with Crippen LogP contribution in [0.15, 0.2) is 30.3 Å². The maximum absolute atomic E-state index is 12.6. The van der Waals surface area contributed by atoms with Gasteiger partial charge in [-0.2, -0.15) is 0 Å². The van der Waals surface area contributed by atoms with Gasteiger partial charge in [0.1, 0.15) is 12.6 Å². The smallest absolute Gasteiger partial charge is 0.223 e. The molecule has 2 fully saturated rings. The van der Waals surface area contributed by atoms with E-state index in [-0.39, 0.29) is 30.8 Å². The fraction of sp³-hybridized carbons (Fsp3) is 0.609. The number of nitrogens with one attached hydrogen (secondary N) is 1. The summed E-state index contributed by atoms with van der Waals surface area (Å²) in [5.74, 6) is -0.731. The number of rotatable bonds is 10. The molecule has 0 aliphatic carbocycles. The lowest BCUT2D eigenvalue weighted by Gasteiger charge is -2.27. The topological polar surface area (TPSA) is 102 Å². The minimum Gasteiger partial charge on any atom is -0.369 e. The lowest BCUT2D eigenvalue weighted by Crippen LogP contribution is -2.49. The van der Waals surface area contributed by atoms with E-state index in [1.165, 1.54) is 0 Å². The molecule has 1 aromatic carbocycles. The van der Waals surface area contributed by atoms with Gasteiger partial charge in [0.25, 0.3) is 0 Å². The van der Waals surface area contributed by atoms with Crippen LogP contribution in [0.1, 0.15) is 44.6 Å². The summed E-state index contributed by atoms with van der Waals surface area (Å²) in [7, 11) is 0. The highest BCUT2D eigenvalue weighted by Gasteiger charge is 2.39. The van der Waals surface area contributed by atoms with Crippen LogP contribution in [0.5, 0.6) is 0 Å². The molecular weight excluding hydrogens is 382 g/mol. The molecule has 2 aliphatic rings. The van der Waals surface area contributed by atoms with Gasteiger partial charge in [-0.15, -0.1) is 0 Å². The predicted octanol–water partition coefficient (Wildman–Crippen LogP) is 1.44. The van der Waals surface area contributed by atoms with Crippen molar-refractivity contribution in [3.8, 4) is 0 Å². The van der Waals surface area contributed by atoms with Crippen molar-refractivity contribution < 1.29 is 19.1 Å². The molecular formula is C23H33N3O4. The van der Waals surface area contributed by atoms with Gasteiger partial charge in [0.15, 0.2) is 5.78 Å². The Morgan fingerprint density at radius 2 is 1.90 bits per heavy atom. The number of carbonyl (C=O) groups excluding carboxylic acids is 3. The number of likely N-dealkylation sites (tertiary alicyclic amines) is 1. The second-order valence-electron chi connectivity index (χ2n) is 8.78. The first kappa shape index (κ1) is 22.4. The molecule has 30 heavy (non-hydrogen) atoms. The van der Waals surface area contributed by atoms with Gasteiger partial charge in [-0.05, 0) is 50.8 Å². The average Bonchev–Trinajstić information content (AvgIpc) is 3.37. The second kappa shape index (κ2) is 10.2. The lowest BCUT2D eigenvalue weighted by atomic mass is 9.79. The Balaban J connectivity index is 1.51. The fourth-order valence-electron chi connectivity index (χ4n) is 4.21. The molecule has 164 valence electrons. The molecule has 0 radical (unpaired) electrons. The number of benzene rings is 1. The summed E-state index contributed by atoms with van der Waals surface area (Å²) in [5.41, 5.74) is 6.02. The van der Waals surface area contributed by atoms with Crippen molar-refractivity contribution in [1.29, 1.82) is 0 Å². The largest absolute Gasteiger partial charge is 0.369 e. The van der Waals surface area contributed by atoms with Crippen molar-refractivity contribution in [2.75, 3.05) is 26.2 Å². The molecule has 3 atom stereocenters. The molecule has 0 aromatic heterocycles. The summed E-state index contributed by atoms with van der Waals surface area (Å²) < 4.78 is 5.63. The maximum Gasteiger partial charge on any atom is 0.223 e.